The van der Waals surface area contributed by atoms with Crippen LogP contribution in [0.3, 0.4) is 0 Å². The van der Waals surface area contributed by atoms with Crippen LogP contribution in [0.1, 0.15) is 36.8 Å². The van der Waals surface area contributed by atoms with Gasteiger partial charge < -0.3 is 25.6 Å². The van der Waals surface area contributed by atoms with E-state index in [2.05, 4.69) is 34.9 Å². The van der Waals surface area contributed by atoms with Gasteiger partial charge in [0.05, 0.1) is 6.61 Å². The van der Waals surface area contributed by atoms with Crippen LogP contribution < -0.4 is 10.6 Å². The normalized spacial score (nSPS) is 14.1. The number of benzene rings is 2. The van der Waals surface area contributed by atoms with Crippen molar-refractivity contribution in [3.8, 4) is 11.1 Å². The van der Waals surface area contributed by atoms with Gasteiger partial charge in [0.15, 0.2) is 0 Å². The highest BCUT2D eigenvalue weighted by Crippen LogP contribution is 2.44. The zero-order chi connectivity index (χ0) is 23.1. The molecule has 170 valence electrons. The van der Waals surface area contributed by atoms with Gasteiger partial charge in [-0.2, -0.15) is 0 Å². The lowest BCUT2D eigenvalue weighted by Gasteiger charge is -2.16. The molecule has 0 saturated carbocycles. The van der Waals surface area contributed by atoms with Crippen molar-refractivity contribution in [1.82, 2.24) is 10.6 Å². The van der Waals surface area contributed by atoms with Crippen molar-refractivity contribution in [2.45, 2.75) is 31.7 Å². The molecule has 2 atom stereocenters. The summed E-state index contributed by atoms with van der Waals surface area (Å²) in [5, 5.41) is 22.8. The van der Waals surface area contributed by atoms with Gasteiger partial charge in [0, 0.05) is 18.4 Å². The molecule has 8 heteroatoms. The Labute approximate surface area is 186 Å². The molecule has 0 saturated heterocycles. The first kappa shape index (κ1) is 23.3. The number of alkyl carbamates (subject to hydrolysis) is 1. The van der Waals surface area contributed by atoms with E-state index in [-0.39, 0.29) is 12.5 Å². The molecule has 2 aromatic carbocycles. The minimum Gasteiger partial charge on any atom is -0.480 e. The highest BCUT2D eigenvalue weighted by Gasteiger charge is 2.29. The number of carboxylic acids is 1. The van der Waals surface area contributed by atoms with E-state index in [4.69, 9.17) is 14.9 Å². The molecule has 0 fully saturated rings. The summed E-state index contributed by atoms with van der Waals surface area (Å²) >= 11 is 0. The van der Waals surface area contributed by atoms with Crippen LogP contribution in [0.15, 0.2) is 48.5 Å². The van der Waals surface area contributed by atoms with Gasteiger partial charge in [0.1, 0.15) is 12.6 Å². The molecule has 0 heterocycles. The number of rotatable bonds is 10. The fourth-order valence-corrected chi connectivity index (χ4v) is 3.88. The lowest BCUT2D eigenvalue weighted by molar-refractivity contribution is -0.143. The monoisotopic (exact) mass is 440 g/mol. The number of hydrogen-bond acceptors (Lipinski definition) is 5. The average molecular weight is 440 g/mol. The van der Waals surface area contributed by atoms with E-state index in [1.165, 1.54) is 0 Å². The molecule has 0 spiro atoms. The summed E-state index contributed by atoms with van der Waals surface area (Å²) in [6.07, 6.45) is 0.457. The van der Waals surface area contributed by atoms with Crippen molar-refractivity contribution in [2.24, 2.45) is 5.92 Å². The van der Waals surface area contributed by atoms with Gasteiger partial charge in [-0.05, 0) is 35.1 Å². The third kappa shape index (κ3) is 5.45. The molecule has 2 aromatic rings. The number of hydrogen-bond donors (Lipinski definition) is 4. The standard InChI is InChI=1S/C24H28N2O6/c1-15(22(28)26-21(13-27)23(29)30)7-6-12-25-24(31)32-14-20-18-10-4-2-8-16(18)17-9-3-5-11-19(17)20/h2-5,8-11,15,20-21,27H,6-7,12-14H2,1H3,(H,25,31)(H,26,28)(H,29,30). The number of aliphatic hydroxyl groups is 1. The summed E-state index contributed by atoms with van der Waals surface area (Å²) < 4.78 is 5.47. The van der Waals surface area contributed by atoms with Gasteiger partial charge in [0.2, 0.25) is 5.91 Å². The Morgan fingerprint density at radius 2 is 1.62 bits per heavy atom. The predicted molar refractivity (Wildman–Crippen MR) is 118 cm³/mol. The molecule has 0 aliphatic heterocycles. The van der Waals surface area contributed by atoms with Crippen LogP contribution in [0.2, 0.25) is 0 Å². The number of amides is 2. The van der Waals surface area contributed by atoms with Crippen molar-refractivity contribution >= 4 is 18.0 Å². The smallest absolute Gasteiger partial charge is 0.407 e. The summed E-state index contributed by atoms with van der Waals surface area (Å²) in [7, 11) is 0. The van der Waals surface area contributed by atoms with E-state index >= 15 is 0 Å². The van der Waals surface area contributed by atoms with Crippen LogP contribution in [0.4, 0.5) is 4.79 Å². The van der Waals surface area contributed by atoms with Gasteiger partial charge in [-0.3, -0.25) is 4.79 Å². The molecule has 1 aliphatic rings. The van der Waals surface area contributed by atoms with E-state index in [0.29, 0.717) is 19.4 Å². The number of nitrogens with one attached hydrogen (secondary N) is 2. The van der Waals surface area contributed by atoms with Crippen molar-refractivity contribution in [3.63, 3.8) is 0 Å². The quantitative estimate of drug-likeness (QED) is 0.421. The molecule has 0 radical (unpaired) electrons. The second-order valence-electron chi connectivity index (χ2n) is 7.88. The van der Waals surface area contributed by atoms with Crippen LogP contribution in [0.25, 0.3) is 11.1 Å². The molecule has 32 heavy (non-hydrogen) atoms. The van der Waals surface area contributed by atoms with E-state index in [1.807, 2.05) is 24.3 Å². The summed E-state index contributed by atoms with van der Waals surface area (Å²) in [6.45, 7) is 1.56. The van der Waals surface area contributed by atoms with Crippen LogP contribution in [-0.4, -0.2) is 54.0 Å². The minimum absolute atomic E-state index is 0.00873. The van der Waals surface area contributed by atoms with Gasteiger partial charge in [-0.1, -0.05) is 55.5 Å². The Balaban J connectivity index is 1.42. The number of aliphatic carboxylic acids is 1. The van der Waals surface area contributed by atoms with Gasteiger partial charge in [0.25, 0.3) is 0 Å². The Kier molecular flexibility index (Phi) is 7.83. The molecule has 2 unspecified atom stereocenters. The Morgan fingerprint density at radius 1 is 1.03 bits per heavy atom. The second kappa shape index (κ2) is 10.8. The number of carbonyl (C=O) groups is 3. The SMILES string of the molecule is CC(CCCNC(=O)OCC1c2ccccc2-c2ccccc21)C(=O)NC(CO)C(=O)O. The van der Waals surface area contributed by atoms with Crippen molar-refractivity contribution in [1.29, 1.82) is 0 Å². The minimum atomic E-state index is -1.32. The maximum Gasteiger partial charge on any atom is 0.407 e. The van der Waals surface area contributed by atoms with Crippen LogP contribution in [0.5, 0.6) is 0 Å². The van der Waals surface area contributed by atoms with Crippen LogP contribution in [-0.2, 0) is 14.3 Å². The van der Waals surface area contributed by atoms with Crippen molar-refractivity contribution < 1.29 is 29.3 Å². The van der Waals surface area contributed by atoms with E-state index in [9.17, 15) is 14.4 Å². The fraction of sp³-hybridized carbons (Fsp3) is 0.375. The molecular formula is C24H28N2O6. The van der Waals surface area contributed by atoms with Gasteiger partial charge in [-0.15, -0.1) is 0 Å². The Morgan fingerprint density at radius 3 is 2.19 bits per heavy atom. The summed E-state index contributed by atoms with van der Waals surface area (Å²) in [6, 6.07) is 14.9. The van der Waals surface area contributed by atoms with Crippen LogP contribution >= 0.6 is 0 Å². The third-order valence-electron chi connectivity index (χ3n) is 5.67. The topological polar surface area (TPSA) is 125 Å². The zero-order valence-electron chi connectivity index (χ0n) is 17.9. The lowest BCUT2D eigenvalue weighted by Crippen LogP contribution is -2.45. The first-order chi connectivity index (χ1) is 15.4. The van der Waals surface area contributed by atoms with Gasteiger partial charge >= 0.3 is 12.1 Å². The maximum absolute atomic E-state index is 12.2. The van der Waals surface area contributed by atoms with E-state index in [1.54, 1.807) is 6.92 Å². The van der Waals surface area contributed by atoms with Crippen LogP contribution in [0, 0.1) is 5.92 Å². The molecule has 1 aliphatic carbocycles. The van der Waals surface area contributed by atoms with Crippen molar-refractivity contribution in [3.05, 3.63) is 59.7 Å². The highest BCUT2D eigenvalue weighted by atomic mass is 16.5. The molecule has 2 amide bonds. The zero-order valence-corrected chi connectivity index (χ0v) is 17.9. The largest absolute Gasteiger partial charge is 0.480 e. The maximum atomic E-state index is 12.2. The Bertz CT molecular complexity index is 931. The molecule has 3 rings (SSSR count). The Hall–Kier alpha value is -3.39. The lowest BCUT2D eigenvalue weighted by atomic mass is 9.98. The van der Waals surface area contributed by atoms with E-state index in [0.717, 1.165) is 22.3 Å². The summed E-state index contributed by atoms with van der Waals surface area (Å²) in [5.41, 5.74) is 4.61. The van der Waals surface area contributed by atoms with E-state index < -0.39 is 36.5 Å². The molecule has 0 aromatic heterocycles. The molecule has 0 bridgehead atoms. The second-order valence-corrected chi connectivity index (χ2v) is 7.88. The number of ether oxygens (including phenoxy) is 1. The molecule has 8 nitrogen and oxygen atoms in total. The van der Waals surface area contributed by atoms with Crippen molar-refractivity contribution in [2.75, 3.05) is 19.8 Å². The predicted octanol–water partition coefficient (Wildman–Crippen LogP) is 2.50. The first-order valence-corrected chi connectivity index (χ1v) is 10.6. The number of fused-ring (bicyclic) bond motifs is 3. The average Bonchev–Trinajstić information content (AvgIpc) is 3.12. The number of carbonyl (C=O) groups excluding carboxylic acids is 2. The summed E-state index contributed by atoms with van der Waals surface area (Å²) in [4.78, 5) is 35.0. The molecule has 4 N–H and O–H groups in total. The molecular weight excluding hydrogens is 412 g/mol. The third-order valence-corrected chi connectivity index (χ3v) is 5.67. The number of carboxylic acid groups (broad SMARTS) is 1. The first-order valence-electron chi connectivity index (χ1n) is 10.6. The highest BCUT2D eigenvalue weighted by molar-refractivity contribution is 5.84. The van der Waals surface area contributed by atoms with Gasteiger partial charge in [-0.25, -0.2) is 9.59 Å². The fourth-order valence-electron chi connectivity index (χ4n) is 3.88. The summed E-state index contributed by atoms with van der Waals surface area (Å²) in [5.74, 6) is -2.20. The number of aliphatic hydroxyl groups excluding tert-OH is 1.